The number of halogens is 6. The molecular formula is C45H48F6N10O4. The van der Waals surface area contributed by atoms with Crippen molar-refractivity contribution in [1.82, 2.24) is 34.1 Å². The number of nitrogens with zero attached hydrogens (tertiary/aromatic N) is 6. The molecule has 0 unspecified atom stereocenters. The fourth-order valence-corrected chi connectivity index (χ4v) is 6.47. The average molecular weight is 907 g/mol. The number of imidazole rings is 2. The molecule has 0 bridgehead atoms. The van der Waals surface area contributed by atoms with E-state index in [1.807, 2.05) is 65.1 Å². The number of benzene rings is 4. The lowest BCUT2D eigenvalue weighted by atomic mass is 10.2. The minimum atomic E-state index is -4.49. The van der Waals surface area contributed by atoms with E-state index in [1.165, 1.54) is 28.3 Å². The van der Waals surface area contributed by atoms with Gasteiger partial charge in [-0.3, -0.25) is 13.6 Å². The van der Waals surface area contributed by atoms with Crippen LogP contribution in [0.4, 0.5) is 38.0 Å². The van der Waals surface area contributed by atoms with Gasteiger partial charge in [-0.25, -0.2) is 19.9 Å². The molecule has 20 heteroatoms. The van der Waals surface area contributed by atoms with Crippen LogP contribution in [-0.2, 0) is 32.0 Å². The second-order valence-corrected chi connectivity index (χ2v) is 14.0. The topological polar surface area (TPSA) is 200 Å². The standard InChI is InChI=1S/C22H22F3N5O.C15H13F3N4O2.C7H9N.CH4O/c23-22(24,25)16-7-8-19-18(11-16)29-20(27-9-4-10-31)21-28-14-17(30(19)21)13-26-12-15-5-2-1-3-6-15;16-15(17,18)9-2-3-12-11(6-9)21-13(19-4-1-5-23)14-20-7-10(8-24)22(12)14;8-6-7-4-2-1-3-5-7;1-2/h1-3,5-8,11,14,26,31H,4,9-10,12-13H2,(H,27,29);2-3,6-8,23H,1,4-5H2,(H,19,21);1-5H,6,8H2;2H,1H3. The number of hydrogen-bond donors (Lipinski definition) is 7. The molecule has 8 aromatic rings. The summed E-state index contributed by atoms with van der Waals surface area (Å²) in [5.74, 6) is 0.637. The molecule has 0 saturated heterocycles. The zero-order chi connectivity index (χ0) is 47.0. The molecule has 0 atom stereocenters. The molecule has 4 aromatic heterocycles. The lowest BCUT2D eigenvalue weighted by molar-refractivity contribution is -0.138. The highest BCUT2D eigenvalue weighted by molar-refractivity contribution is 5.88. The summed E-state index contributed by atoms with van der Waals surface area (Å²) in [6.45, 7) is 2.52. The minimum Gasteiger partial charge on any atom is -0.400 e. The van der Waals surface area contributed by atoms with Crippen molar-refractivity contribution in [3.63, 3.8) is 0 Å². The summed E-state index contributed by atoms with van der Waals surface area (Å²) in [6, 6.07) is 26.6. The van der Waals surface area contributed by atoms with Crippen molar-refractivity contribution in [1.29, 1.82) is 0 Å². The van der Waals surface area contributed by atoms with Crippen LogP contribution < -0.4 is 21.7 Å². The molecule has 65 heavy (non-hydrogen) atoms. The zero-order valence-electron chi connectivity index (χ0n) is 35.1. The molecule has 4 aromatic carbocycles. The average Bonchev–Trinajstić information content (AvgIpc) is 3.96. The van der Waals surface area contributed by atoms with E-state index in [4.69, 9.17) is 21.1 Å². The fourth-order valence-electron chi connectivity index (χ4n) is 6.47. The summed E-state index contributed by atoms with van der Waals surface area (Å²) in [7, 11) is 1.00. The van der Waals surface area contributed by atoms with Gasteiger partial charge in [0.05, 0.1) is 51.3 Å². The Morgan fingerprint density at radius 1 is 0.646 bits per heavy atom. The fraction of sp³-hybridized carbons (Fsp3) is 0.267. The van der Waals surface area contributed by atoms with Gasteiger partial charge >= 0.3 is 12.4 Å². The highest BCUT2D eigenvalue weighted by Gasteiger charge is 2.32. The minimum absolute atomic E-state index is 0.00180. The van der Waals surface area contributed by atoms with Gasteiger partial charge in [-0.15, -0.1) is 0 Å². The predicted octanol–water partition coefficient (Wildman–Crippen LogP) is 7.25. The van der Waals surface area contributed by atoms with E-state index in [-0.39, 0.29) is 35.8 Å². The van der Waals surface area contributed by atoms with Crippen LogP contribution in [0.3, 0.4) is 0 Å². The molecule has 8 rings (SSSR count). The number of carbonyl (C=O) groups excluding carboxylic acids is 1. The Morgan fingerprint density at radius 2 is 1.12 bits per heavy atom. The van der Waals surface area contributed by atoms with Gasteiger partial charge in [0.25, 0.3) is 0 Å². The zero-order valence-corrected chi connectivity index (χ0v) is 35.1. The maximum Gasteiger partial charge on any atom is 0.416 e. The Bertz CT molecular complexity index is 2750. The maximum absolute atomic E-state index is 13.2. The second-order valence-electron chi connectivity index (χ2n) is 14.0. The second kappa shape index (κ2) is 23.3. The monoisotopic (exact) mass is 906 g/mol. The molecule has 0 spiro atoms. The van der Waals surface area contributed by atoms with Crippen molar-refractivity contribution in [3.8, 4) is 0 Å². The van der Waals surface area contributed by atoms with Crippen molar-refractivity contribution < 1.29 is 46.5 Å². The van der Waals surface area contributed by atoms with Gasteiger partial charge in [-0.1, -0.05) is 60.7 Å². The molecule has 0 amide bonds. The van der Waals surface area contributed by atoms with E-state index < -0.39 is 23.5 Å². The third kappa shape index (κ3) is 12.7. The summed E-state index contributed by atoms with van der Waals surface area (Å²) in [5.41, 5.74) is 9.18. The number of aliphatic hydroxyl groups excluding tert-OH is 3. The predicted molar refractivity (Wildman–Crippen MR) is 236 cm³/mol. The summed E-state index contributed by atoms with van der Waals surface area (Å²) in [5, 5.41) is 34.2. The van der Waals surface area contributed by atoms with Gasteiger partial charge in [-0.2, -0.15) is 26.3 Å². The quantitative estimate of drug-likeness (QED) is 0.0328. The number of hydrogen-bond acceptors (Lipinski definition) is 12. The number of alkyl halides is 6. The molecular weight excluding hydrogens is 859 g/mol. The van der Waals surface area contributed by atoms with Gasteiger partial charge in [0.2, 0.25) is 0 Å². The number of aliphatic hydroxyl groups is 3. The van der Waals surface area contributed by atoms with E-state index in [1.54, 1.807) is 6.20 Å². The molecule has 0 saturated carbocycles. The van der Waals surface area contributed by atoms with Crippen LogP contribution in [0.25, 0.3) is 33.4 Å². The first-order valence-electron chi connectivity index (χ1n) is 20.2. The van der Waals surface area contributed by atoms with E-state index in [0.717, 1.165) is 42.6 Å². The third-order valence-corrected chi connectivity index (χ3v) is 9.53. The third-order valence-electron chi connectivity index (χ3n) is 9.53. The summed E-state index contributed by atoms with van der Waals surface area (Å²) in [4.78, 5) is 28.4. The number of anilines is 2. The van der Waals surface area contributed by atoms with Crippen molar-refractivity contribution >= 4 is 51.3 Å². The molecule has 0 radical (unpaired) electrons. The first kappa shape index (κ1) is 49.3. The van der Waals surface area contributed by atoms with Crippen LogP contribution in [0.5, 0.6) is 0 Å². The van der Waals surface area contributed by atoms with Gasteiger partial charge in [0, 0.05) is 53.0 Å². The maximum atomic E-state index is 13.2. The van der Waals surface area contributed by atoms with Crippen LogP contribution in [0.2, 0.25) is 0 Å². The summed E-state index contributed by atoms with van der Waals surface area (Å²) in [6.07, 6.45) is -4.41. The van der Waals surface area contributed by atoms with E-state index in [2.05, 4.69) is 35.9 Å². The lowest BCUT2D eigenvalue weighted by Crippen LogP contribution is -2.15. The Balaban J connectivity index is 0.000000206. The van der Waals surface area contributed by atoms with E-state index in [9.17, 15) is 31.1 Å². The smallest absolute Gasteiger partial charge is 0.400 e. The first-order chi connectivity index (χ1) is 31.4. The van der Waals surface area contributed by atoms with Crippen molar-refractivity contribution in [2.24, 2.45) is 5.73 Å². The Hall–Kier alpha value is -6.71. The summed E-state index contributed by atoms with van der Waals surface area (Å²) < 4.78 is 81.7. The normalized spacial score (nSPS) is 11.4. The highest BCUT2D eigenvalue weighted by atomic mass is 19.4. The largest absolute Gasteiger partial charge is 0.416 e. The lowest BCUT2D eigenvalue weighted by Gasteiger charge is -2.13. The Kier molecular flexibility index (Phi) is 17.7. The SMILES string of the molecule is CO.NCc1ccccc1.O=Cc1cnc2c(NCCCO)nc3cc(C(F)(F)F)ccc3n12.OCCCNc1nc2cc(C(F)(F)F)ccc2n2c(CNCc3ccccc3)cnc12. The number of carbonyl (C=O) groups is 1. The van der Waals surface area contributed by atoms with Crippen LogP contribution in [0.15, 0.2) is 109 Å². The van der Waals surface area contributed by atoms with Crippen LogP contribution in [-0.4, -0.2) is 83.8 Å². The summed E-state index contributed by atoms with van der Waals surface area (Å²) >= 11 is 0. The molecule has 0 aliphatic rings. The van der Waals surface area contributed by atoms with Crippen LogP contribution >= 0.6 is 0 Å². The molecule has 344 valence electrons. The van der Waals surface area contributed by atoms with E-state index in [0.29, 0.717) is 80.0 Å². The first-order valence-corrected chi connectivity index (χ1v) is 20.2. The van der Waals surface area contributed by atoms with Crippen molar-refractivity contribution in [2.75, 3.05) is 44.0 Å². The molecule has 0 aliphatic heterocycles. The van der Waals surface area contributed by atoms with Crippen molar-refractivity contribution in [3.05, 3.63) is 143 Å². The number of nitrogens with two attached hydrogens (primary N) is 1. The Morgan fingerprint density at radius 3 is 1.58 bits per heavy atom. The van der Waals surface area contributed by atoms with Gasteiger partial charge in [0.15, 0.2) is 29.2 Å². The molecule has 14 nitrogen and oxygen atoms in total. The van der Waals surface area contributed by atoms with Crippen molar-refractivity contribution in [2.45, 2.75) is 44.8 Å². The van der Waals surface area contributed by atoms with Crippen LogP contribution in [0.1, 0.15) is 51.3 Å². The van der Waals surface area contributed by atoms with Gasteiger partial charge in [0.1, 0.15) is 5.69 Å². The number of nitrogens with one attached hydrogen (secondary N) is 3. The van der Waals surface area contributed by atoms with Crippen LogP contribution in [0, 0.1) is 0 Å². The number of aldehydes is 1. The van der Waals surface area contributed by atoms with Gasteiger partial charge in [-0.05, 0) is 60.4 Å². The number of rotatable bonds is 14. The highest BCUT2D eigenvalue weighted by Crippen LogP contribution is 2.34. The molecule has 8 N–H and O–H groups in total. The van der Waals surface area contributed by atoms with E-state index >= 15 is 0 Å². The molecule has 0 aliphatic carbocycles. The Labute approximate surface area is 368 Å². The molecule has 4 heterocycles. The van der Waals surface area contributed by atoms with Gasteiger partial charge < -0.3 is 37.0 Å². The number of aromatic nitrogens is 6. The number of fused-ring (bicyclic) bond motifs is 6. The molecule has 0 fully saturated rings.